The van der Waals surface area contributed by atoms with E-state index in [1.54, 1.807) is 0 Å². The molecule has 0 saturated heterocycles. The Balaban J connectivity index is 3.58. The third-order valence-corrected chi connectivity index (χ3v) is 1.68. The van der Waals surface area contributed by atoms with E-state index in [1.165, 1.54) is 12.8 Å². The summed E-state index contributed by atoms with van der Waals surface area (Å²) in [6.07, 6.45) is 5.73. The average Bonchev–Trinajstić information content (AvgIpc) is 2.13. The van der Waals surface area contributed by atoms with E-state index in [9.17, 15) is 0 Å². The number of allylic oxidation sites excluding steroid dienone is 1. The second-order valence-corrected chi connectivity index (χ2v) is 2.85. The van der Waals surface area contributed by atoms with Crippen LogP contribution in [0.1, 0.15) is 40.0 Å². The Morgan fingerprint density at radius 2 is 1.69 bits per heavy atom. The highest BCUT2D eigenvalue weighted by atomic mass is 16.6. The van der Waals surface area contributed by atoms with Gasteiger partial charge in [-0.1, -0.05) is 31.8 Å². The number of rotatable bonds is 8. The van der Waals surface area contributed by atoms with Crippen LogP contribution >= 0.6 is 0 Å². The molecule has 0 fully saturated rings. The Bertz CT molecular complexity index is 120. The molecule has 0 aromatic rings. The van der Waals surface area contributed by atoms with Gasteiger partial charge in [-0.15, -0.1) is 0 Å². The summed E-state index contributed by atoms with van der Waals surface area (Å²) in [7, 11) is -0.146. The zero-order chi connectivity index (χ0) is 9.94. The molecule has 0 N–H and O–H groups in total. The maximum atomic E-state index is 5.35. The minimum absolute atomic E-state index is 0.146. The lowest BCUT2D eigenvalue weighted by Crippen LogP contribution is -2.20. The maximum Gasteiger partial charge on any atom is 0.485 e. The highest BCUT2D eigenvalue weighted by Crippen LogP contribution is 1.98. The summed E-state index contributed by atoms with van der Waals surface area (Å²) in [4.78, 5) is 0. The van der Waals surface area contributed by atoms with Gasteiger partial charge in [0.05, 0.1) is 0 Å². The Morgan fingerprint density at radius 1 is 1.08 bits per heavy atom. The molecule has 3 heteroatoms. The van der Waals surface area contributed by atoms with Crippen molar-refractivity contribution in [2.75, 3.05) is 13.2 Å². The van der Waals surface area contributed by atoms with E-state index in [0.717, 1.165) is 6.42 Å². The lowest BCUT2D eigenvalue weighted by molar-refractivity contribution is 0.224. The van der Waals surface area contributed by atoms with Crippen LogP contribution in [0.5, 0.6) is 0 Å². The van der Waals surface area contributed by atoms with Crippen LogP contribution in [0.3, 0.4) is 0 Å². The van der Waals surface area contributed by atoms with Crippen molar-refractivity contribution in [1.29, 1.82) is 0 Å². The molecule has 0 rings (SSSR count). The van der Waals surface area contributed by atoms with E-state index in [2.05, 4.69) is 13.0 Å². The van der Waals surface area contributed by atoms with E-state index in [4.69, 9.17) is 9.31 Å². The van der Waals surface area contributed by atoms with Crippen molar-refractivity contribution >= 4 is 7.12 Å². The molecule has 0 aliphatic heterocycles. The van der Waals surface area contributed by atoms with E-state index < -0.39 is 0 Å². The first-order valence-electron chi connectivity index (χ1n) is 5.24. The predicted octanol–water partition coefficient (Wildman–Crippen LogP) is 2.83. The van der Waals surface area contributed by atoms with Crippen molar-refractivity contribution in [3.63, 3.8) is 0 Å². The summed E-state index contributed by atoms with van der Waals surface area (Å²) < 4.78 is 10.7. The number of unbranched alkanes of at least 4 members (excludes halogenated alkanes) is 2. The molecule has 0 atom stereocenters. The smallest absolute Gasteiger partial charge is 0.408 e. The molecule has 0 aliphatic carbocycles. The Labute approximate surface area is 82.5 Å². The first-order valence-corrected chi connectivity index (χ1v) is 5.24. The molecule has 0 aromatic heterocycles. The van der Waals surface area contributed by atoms with Gasteiger partial charge in [0.25, 0.3) is 0 Å². The van der Waals surface area contributed by atoms with Gasteiger partial charge in [0.1, 0.15) is 0 Å². The van der Waals surface area contributed by atoms with Gasteiger partial charge in [-0.2, -0.15) is 0 Å². The molecule has 0 heterocycles. The second kappa shape index (κ2) is 9.81. The predicted molar refractivity (Wildman–Crippen MR) is 57.7 cm³/mol. The van der Waals surface area contributed by atoms with Crippen molar-refractivity contribution < 1.29 is 9.31 Å². The molecule has 76 valence electrons. The molecule has 0 amide bonds. The van der Waals surface area contributed by atoms with Crippen LogP contribution in [-0.4, -0.2) is 20.3 Å². The van der Waals surface area contributed by atoms with Crippen LogP contribution in [0.25, 0.3) is 0 Å². The van der Waals surface area contributed by atoms with E-state index in [-0.39, 0.29) is 7.12 Å². The Kier molecular flexibility index (Phi) is 9.60. The molecule has 2 nitrogen and oxygen atoms in total. The zero-order valence-electron chi connectivity index (χ0n) is 9.08. The minimum Gasteiger partial charge on any atom is -0.408 e. The quantitative estimate of drug-likeness (QED) is 0.426. The molecular formula is C10H21BO2. The molecule has 0 radical (unpaired) electrons. The normalized spacial score (nSPS) is 11.0. The Hall–Kier alpha value is -0.275. The van der Waals surface area contributed by atoms with Gasteiger partial charge in [0, 0.05) is 13.2 Å². The monoisotopic (exact) mass is 184 g/mol. The summed E-state index contributed by atoms with van der Waals surface area (Å²) in [6, 6.07) is 0. The summed E-state index contributed by atoms with van der Waals surface area (Å²) in [6.45, 7) is 7.54. The van der Waals surface area contributed by atoms with E-state index in [0.29, 0.717) is 13.2 Å². The van der Waals surface area contributed by atoms with Crippen molar-refractivity contribution in [1.82, 2.24) is 0 Å². The lowest BCUT2D eigenvalue weighted by Gasteiger charge is -2.07. The van der Waals surface area contributed by atoms with Gasteiger partial charge >= 0.3 is 7.12 Å². The van der Waals surface area contributed by atoms with Crippen LogP contribution in [0.4, 0.5) is 0 Å². The van der Waals surface area contributed by atoms with Gasteiger partial charge < -0.3 is 9.31 Å². The maximum absolute atomic E-state index is 5.35. The van der Waals surface area contributed by atoms with Crippen molar-refractivity contribution in [2.24, 2.45) is 0 Å². The minimum atomic E-state index is -0.146. The van der Waals surface area contributed by atoms with Crippen LogP contribution in [0.15, 0.2) is 12.1 Å². The standard InChI is InChI=1S/C10H21BO2/c1-4-7-8-9-10-11(12-5-2)13-6-3/h9-10H,4-8H2,1-3H3/b10-9+. The van der Waals surface area contributed by atoms with Gasteiger partial charge in [-0.05, 0) is 20.3 Å². The molecule has 0 aromatic carbocycles. The topological polar surface area (TPSA) is 18.5 Å². The molecular weight excluding hydrogens is 163 g/mol. The van der Waals surface area contributed by atoms with Crippen LogP contribution in [0, 0.1) is 0 Å². The summed E-state index contributed by atoms with van der Waals surface area (Å²) in [5.41, 5.74) is 0. The summed E-state index contributed by atoms with van der Waals surface area (Å²) in [5, 5.41) is 0. The molecule has 0 bridgehead atoms. The molecule has 0 saturated carbocycles. The van der Waals surface area contributed by atoms with E-state index >= 15 is 0 Å². The van der Waals surface area contributed by atoms with Gasteiger partial charge in [-0.3, -0.25) is 0 Å². The van der Waals surface area contributed by atoms with Gasteiger partial charge in [0.2, 0.25) is 0 Å². The first kappa shape index (κ1) is 12.7. The lowest BCUT2D eigenvalue weighted by atomic mass is 9.89. The van der Waals surface area contributed by atoms with Crippen LogP contribution in [-0.2, 0) is 9.31 Å². The van der Waals surface area contributed by atoms with Gasteiger partial charge in [0.15, 0.2) is 0 Å². The fraction of sp³-hybridized carbons (Fsp3) is 0.800. The highest BCUT2D eigenvalue weighted by Gasteiger charge is 2.10. The third kappa shape index (κ3) is 8.07. The van der Waals surface area contributed by atoms with Crippen molar-refractivity contribution in [3.05, 3.63) is 12.1 Å². The van der Waals surface area contributed by atoms with E-state index in [1.807, 2.05) is 19.8 Å². The molecule has 0 aliphatic rings. The summed E-state index contributed by atoms with van der Waals surface area (Å²) >= 11 is 0. The first-order chi connectivity index (χ1) is 6.35. The zero-order valence-corrected chi connectivity index (χ0v) is 9.08. The average molecular weight is 184 g/mol. The second-order valence-electron chi connectivity index (χ2n) is 2.85. The fourth-order valence-electron chi connectivity index (χ4n) is 1.02. The van der Waals surface area contributed by atoms with Crippen molar-refractivity contribution in [2.45, 2.75) is 40.0 Å². The van der Waals surface area contributed by atoms with Crippen molar-refractivity contribution in [3.8, 4) is 0 Å². The Morgan fingerprint density at radius 3 is 2.15 bits per heavy atom. The summed E-state index contributed by atoms with van der Waals surface area (Å²) in [5.74, 6) is 2.00. The SMILES string of the molecule is CCCC/C=C/B(OCC)OCC. The number of hydrogen-bond acceptors (Lipinski definition) is 2. The molecule has 0 spiro atoms. The fourth-order valence-corrected chi connectivity index (χ4v) is 1.02. The third-order valence-electron chi connectivity index (χ3n) is 1.68. The van der Waals surface area contributed by atoms with Crippen LogP contribution < -0.4 is 0 Å². The molecule has 13 heavy (non-hydrogen) atoms. The molecule has 0 unspecified atom stereocenters. The van der Waals surface area contributed by atoms with Gasteiger partial charge in [-0.25, -0.2) is 0 Å². The van der Waals surface area contributed by atoms with Crippen LogP contribution in [0.2, 0.25) is 0 Å². The number of hydrogen-bond donors (Lipinski definition) is 0. The highest BCUT2D eigenvalue weighted by molar-refractivity contribution is 6.50. The largest absolute Gasteiger partial charge is 0.485 e.